The Balaban J connectivity index is 3.42. The van der Waals surface area contributed by atoms with E-state index in [-0.39, 0.29) is 6.54 Å². The largest absolute Gasteiger partial charge is 0.329 e. The van der Waals surface area contributed by atoms with Gasteiger partial charge in [-0.2, -0.15) is 0 Å². The van der Waals surface area contributed by atoms with Gasteiger partial charge in [-0.15, -0.1) is 0 Å². The van der Waals surface area contributed by atoms with Crippen LogP contribution in [-0.4, -0.2) is 30.8 Å². The lowest BCUT2D eigenvalue weighted by Gasteiger charge is -2.11. The summed E-state index contributed by atoms with van der Waals surface area (Å²) in [6.45, 7) is 1.39. The number of carbonyl (C=O) groups excluding carboxylic acids is 1. The van der Waals surface area contributed by atoms with Crippen LogP contribution < -0.4 is 0 Å². The summed E-state index contributed by atoms with van der Waals surface area (Å²) >= 11 is 0. The van der Waals surface area contributed by atoms with Crippen molar-refractivity contribution in [2.45, 2.75) is 13.3 Å². The fourth-order valence-corrected chi connectivity index (χ4v) is 0.398. The topological polar surface area (TPSA) is 20.3 Å². The first kappa shape index (κ1) is 8.33. The quantitative estimate of drug-likeness (QED) is 0.519. The first-order valence-electron chi connectivity index (χ1n) is 2.61. The average molecular weight is 136 g/mol. The van der Waals surface area contributed by atoms with E-state index in [1.54, 1.807) is 6.92 Å². The van der Waals surface area contributed by atoms with E-state index in [2.05, 4.69) is 0 Å². The van der Waals surface area contributed by atoms with Crippen molar-refractivity contribution in [3.63, 3.8) is 0 Å². The van der Waals surface area contributed by atoms with E-state index in [1.165, 1.54) is 6.41 Å². The van der Waals surface area contributed by atoms with Crippen LogP contribution in [0.15, 0.2) is 0 Å². The van der Waals surface area contributed by atoms with E-state index in [9.17, 15) is 13.6 Å². The number of alkyl halides is 2. The molecule has 0 fully saturated rings. The smallest absolute Gasteiger partial charge is 0.312 e. The molecule has 4 heteroatoms. The number of nitrogens with zero attached hydrogens (tertiary/aromatic N) is 1. The van der Waals surface area contributed by atoms with Crippen LogP contribution in [0.2, 0.25) is 0 Å². The van der Waals surface area contributed by atoms with Gasteiger partial charge in [-0.1, -0.05) is 0 Å². The lowest BCUT2D eigenvalue weighted by atomic mass is 10.5. The third-order valence-corrected chi connectivity index (χ3v) is 0.869. The van der Waals surface area contributed by atoms with Crippen LogP contribution in [0.3, 0.4) is 0 Å². The van der Waals surface area contributed by atoms with E-state index in [0.29, 0.717) is 0 Å². The monoisotopic (exact) mass is 136 g/mol. The van der Waals surface area contributed by atoms with Crippen LogP contribution in [0.25, 0.3) is 0 Å². The van der Waals surface area contributed by atoms with Crippen molar-refractivity contribution < 1.29 is 13.6 Å². The van der Waals surface area contributed by atoms with Gasteiger partial charge < -0.3 is 4.90 Å². The predicted molar refractivity (Wildman–Crippen MR) is 28.9 cm³/mol. The van der Waals surface area contributed by atoms with E-state index >= 15 is 0 Å². The molecule has 0 N–H and O–H groups in total. The molecule has 0 heterocycles. The van der Waals surface area contributed by atoms with Gasteiger partial charge in [0, 0.05) is 6.54 Å². The SMILES string of the molecule is CCN([C]=O)CC(F)F. The molecule has 0 aromatic carbocycles. The Labute approximate surface area is 52.5 Å². The third-order valence-electron chi connectivity index (χ3n) is 0.869. The summed E-state index contributed by atoms with van der Waals surface area (Å²) in [6.07, 6.45) is -1.07. The summed E-state index contributed by atoms with van der Waals surface area (Å²) < 4.78 is 22.9. The predicted octanol–water partition coefficient (Wildman–Crippen LogP) is 0.641. The number of amides is 1. The molecule has 1 radical (unpaired) electrons. The fourth-order valence-electron chi connectivity index (χ4n) is 0.398. The molecule has 9 heavy (non-hydrogen) atoms. The van der Waals surface area contributed by atoms with Crippen molar-refractivity contribution >= 4 is 6.41 Å². The highest BCUT2D eigenvalue weighted by Crippen LogP contribution is 1.94. The molecule has 0 aromatic rings. The Kier molecular flexibility index (Phi) is 3.92. The minimum Gasteiger partial charge on any atom is -0.329 e. The molecular weight excluding hydrogens is 128 g/mol. The second kappa shape index (κ2) is 4.23. The molecule has 2 nitrogen and oxygen atoms in total. The summed E-state index contributed by atoms with van der Waals surface area (Å²) in [5, 5.41) is 0. The van der Waals surface area contributed by atoms with Gasteiger partial charge in [0.1, 0.15) is 0 Å². The first-order chi connectivity index (χ1) is 4.20. The molecule has 0 atom stereocenters. The molecule has 0 saturated carbocycles. The van der Waals surface area contributed by atoms with Crippen LogP contribution in [0, 0.1) is 0 Å². The minimum absolute atomic E-state index is 0.286. The second-order valence-electron chi connectivity index (χ2n) is 1.52. The molecule has 0 rings (SSSR count). The highest BCUT2D eigenvalue weighted by Gasteiger charge is 2.07. The maximum absolute atomic E-state index is 11.4. The Hall–Kier alpha value is -0.670. The van der Waals surface area contributed by atoms with Gasteiger partial charge in [0.15, 0.2) is 0 Å². The lowest BCUT2D eigenvalue weighted by Crippen LogP contribution is -2.26. The normalized spacial score (nSPS) is 9.78. The van der Waals surface area contributed by atoms with Crippen molar-refractivity contribution in [1.29, 1.82) is 0 Å². The standard InChI is InChI=1S/C5H8F2NO/c1-2-8(4-9)3-5(6)7/h5H,2-3H2,1H3. The van der Waals surface area contributed by atoms with Crippen LogP contribution in [0.1, 0.15) is 6.92 Å². The summed E-state index contributed by atoms with van der Waals surface area (Å²) in [5.41, 5.74) is 0. The highest BCUT2D eigenvalue weighted by atomic mass is 19.3. The van der Waals surface area contributed by atoms with Gasteiger partial charge in [0.05, 0.1) is 6.54 Å². The molecular formula is C5H8F2NO. The summed E-state index contributed by atoms with van der Waals surface area (Å²) in [7, 11) is 0. The van der Waals surface area contributed by atoms with Gasteiger partial charge in [-0.3, -0.25) is 4.79 Å². The zero-order chi connectivity index (χ0) is 7.28. The van der Waals surface area contributed by atoms with Gasteiger partial charge in [-0.05, 0) is 6.92 Å². The van der Waals surface area contributed by atoms with Crippen LogP contribution in [0.4, 0.5) is 8.78 Å². The van der Waals surface area contributed by atoms with Gasteiger partial charge in [-0.25, -0.2) is 8.78 Å². The zero-order valence-corrected chi connectivity index (χ0v) is 5.10. The van der Waals surface area contributed by atoms with E-state index in [0.717, 1.165) is 4.90 Å². The fraction of sp³-hybridized carbons (Fsp3) is 0.800. The van der Waals surface area contributed by atoms with Crippen molar-refractivity contribution in [2.75, 3.05) is 13.1 Å². The van der Waals surface area contributed by atoms with E-state index in [4.69, 9.17) is 0 Å². The highest BCUT2D eigenvalue weighted by molar-refractivity contribution is 5.47. The van der Waals surface area contributed by atoms with Gasteiger partial charge in [0.25, 0.3) is 6.43 Å². The van der Waals surface area contributed by atoms with E-state index in [1.807, 2.05) is 0 Å². The van der Waals surface area contributed by atoms with Crippen molar-refractivity contribution in [1.82, 2.24) is 4.90 Å². The zero-order valence-electron chi connectivity index (χ0n) is 5.10. The maximum atomic E-state index is 11.4. The number of hydrogen-bond donors (Lipinski definition) is 0. The summed E-state index contributed by atoms with van der Waals surface area (Å²) in [4.78, 5) is 10.6. The molecule has 1 amide bonds. The number of halogens is 2. The Bertz CT molecular complexity index is 87.0. The van der Waals surface area contributed by atoms with E-state index < -0.39 is 13.0 Å². The summed E-state index contributed by atoms with van der Waals surface area (Å²) in [5.74, 6) is 0. The second-order valence-corrected chi connectivity index (χ2v) is 1.52. The molecule has 0 aliphatic heterocycles. The number of rotatable bonds is 4. The molecule has 0 saturated heterocycles. The summed E-state index contributed by atoms with van der Waals surface area (Å²) in [6, 6.07) is 0. The molecule has 0 bridgehead atoms. The molecule has 53 valence electrons. The van der Waals surface area contributed by atoms with Crippen molar-refractivity contribution in [2.24, 2.45) is 0 Å². The third kappa shape index (κ3) is 3.88. The van der Waals surface area contributed by atoms with Crippen LogP contribution >= 0.6 is 0 Å². The Morgan fingerprint density at radius 2 is 2.22 bits per heavy atom. The molecule has 0 aliphatic rings. The lowest BCUT2D eigenvalue weighted by molar-refractivity contribution is 0.116. The minimum atomic E-state index is -2.45. The van der Waals surface area contributed by atoms with Crippen molar-refractivity contribution in [3.8, 4) is 0 Å². The van der Waals surface area contributed by atoms with Gasteiger partial charge in [0.2, 0.25) is 0 Å². The molecule has 0 unspecified atom stereocenters. The molecule has 0 spiro atoms. The van der Waals surface area contributed by atoms with Gasteiger partial charge >= 0.3 is 6.41 Å². The average Bonchev–Trinajstić information content (AvgIpc) is 1.82. The molecule has 0 aromatic heterocycles. The molecule has 0 aliphatic carbocycles. The number of hydrogen-bond acceptors (Lipinski definition) is 1. The Morgan fingerprint density at radius 3 is 2.33 bits per heavy atom. The van der Waals surface area contributed by atoms with Crippen molar-refractivity contribution in [3.05, 3.63) is 0 Å². The maximum Gasteiger partial charge on any atom is 0.312 e. The Morgan fingerprint density at radius 1 is 1.67 bits per heavy atom. The van der Waals surface area contributed by atoms with Crippen LogP contribution in [-0.2, 0) is 4.79 Å². The van der Waals surface area contributed by atoms with Crippen LogP contribution in [0.5, 0.6) is 0 Å². The first-order valence-corrected chi connectivity index (χ1v) is 2.61.